The molecule has 4 heteroatoms. The third kappa shape index (κ3) is 2.69. The predicted octanol–water partition coefficient (Wildman–Crippen LogP) is 1.22. The first-order valence-electron chi connectivity index (χ1n) is 6.49. The van der Waals surface area contributed by atoms with Crippen molar-refractivity contribution in [3.05, 3.63) is 17.0 Å². The van der Waals surface area contributed by atoms with E-state index >= 15 is 0 Å². The van der Waals surface area contributed by atoms with Crippen LogP contribution in [0, 0.1) is 13.8 Å². The highest BCUT2D eigenvalue weighted by Gasteiger charge is 2.20. The molecular formula is C13H24N4. The van der Waals surface area contributed by atoms with Gasteiger partial charge in [-0.3, -0.25) is 4.68 Å². The molecule has 0 spiro atoms. The third-order valence-corrected chi connectivity index (χ3v) is 4.01. The second-order valence-electron chi connectivity index (χ2n) is 5.18. The third-order valence-electron chi connectivity index (χ3n) is 4.01. The van der Waals surface area contributed by atoms with Crippen LogP contribution >= 0.6 is 0 Å². The molecule has 2 heterocycles. The lowest BCUT2D eigenvalue weighted by atomic mass is 10.2. The molecule has 0 aliphatic carbocycles. The van der Waals surface area contributed by atoms with Gasteiger partial charge in [-0.15, -0.1) is 0 Å². The van der Waals surface area contributed by atoms with Crippen LogP contribution in [0.5, 0.6) is 0 Å². The lowest BCUT2D eigenvalue weighted by Crippen LogP contribution is -2.35. The lowest BCUT2D eigenvalue weighted by molar-refractivity contribution is 0.300. The molecule has 96 valence electrons. The maximum absolute atomic E-state index is 4.44. The summed E-state index contributed by atoms with van der Waals surface area (Å²) in [5.41, 5.74) is 3.78. The fraction of sp³-hybridized carbons (Fsp3) is 0.769. The zero-order chi connectivity index (χ0) is 12.4. The number of rotatable bonds is 4. The molecule has 0 aromatic carbocycles. The molecule has 1 N–H and O–H groups in total. The van der Waals surface area contributed by atoms with Crippen LogP contribution in [-0.4, -0.2) is 40.9 Å². The van der Waals surface area contributed by atoms with Gasteiger partial charge in [0.1, 0.15) is 0 Å². The molecular weight excluding hydrogens is 212 g/mol. The van der Waals surface area contributed by atoms with Gasteiger partial charge in [0.25, 0.3) is 0 Å². The number of aryl methyl sites for hydroxylation is 2. The van der Waals surface area contributed by atoms with Crippen molar-refractivity contribution in [2.24, 2.45) is 7.05 Å². The van der Waals surface area contributed by atoms with Crippen LogP contribution in [0.15, 0.2) is 0 Å². The van der Waals surface area contributed by atoms with Gasteiger partial charge in [0.2, 0.25) is 0 Å². The molecule has 1 aromatic rings. The topological polar surface area (TPSA) is 33.1 Å². The Labute approximate surface area is 104 Å². The molecule has 4 nitrogen and oxygen atoms in total. The summed E-state index contributed by atoms with van der Waals surface area (Å²) < 4.78 is 1.97. The minimum Gasteiger partial charge on any atom is -0.311 e. The first-order chi connectivity index (χ1) is 8.09. The highest BCUT2D eigenvalue weighted by molar-refractivity contribution is 5.23. The fourth-order valence-corrected chi connectivity index (χ4v) is 2.67. The van der Waals surface area contributed by atoms with Crippen molar-refractivity contribution < 1.29 is 0 Å². The van der Waals surface area contributed by atoms with Crippen LogP contribution in [0.25, 0.3) is 0 Å². The van der Waals surface area contributed by atoms with Crippen LogP contribution in [0.4, 0.5) is 0 Å². The Bertz CT molecular complexity index is 383. The van der Waals surface area contributed by atoms with Crippen molar-refractivity contribution in [2.45, 2.75) is 39.3 Å². The van der Waals surface area contributed by atoms with Gasteiger partial charge in [-0.05, 0) is 40.3 Å². The molecule has 0 saturated carbocycles. The van der Waals surface area contributed by atoms with Crippen molar-refractivity contribution in [3.63, 3.8) is 0 Å². The Morgan fingerprint density at radius 2 is 2.12 bits per heavy atom. The van der Waals surface area contributed by atoms with Crippen LogP contribution in [-0.2, 0) is 13.6 Å². The van der Waals surface area contributed by atoms with Crippen molar-refractivity contribution in [1.29, 1.82) is 0 Å². The maximum Gasteiger partial charge on any atom is 0.0641 e. The summed E-state index contributed by atoms with van der Waals surface area (Å²) in [6, 6.07) is 0.715. The fourth-order valence-electron chi connectivity index (χ4n) is 2.67. The van der Waals surface area contributed by atoms with Gasteiger partial charge in [-0.1, -0.05) is 0 Å². The average molecular weight is 236 g/mol. The van der Waals surface area contributed by atoms with Gasteiger partial charge in [0.05, 0.1) is 5.69 Å². The number of aromatic nitrogens is 2. The van der Waals surface area contributed by atoms with Crippen molar-refractivity contribution in [3.8, 4) is 0 Å². The van der Waals surface area contributed by atoms with Crippen LogP contribution in [0.2, 0.25) is 0 Å². The lowest BCUT2D eigenvalue weighted by Gasteiger charge is -2.19. The summed E-state index contributed by atoms with van der Waals surface area (Å²) in [6.07, 6.45) is 2.67. The van der Waals surface area contributed by atoms with E-state index in [4.69, 9.17) is 0 Å². The molecule has 0 unspecified atom stereocenters. The Kier molecular flexibility index (Phi) is 3.84. The Hall–Kier alpha value is -0.870. The van der Waals surface area contributed by atoms with Gasteiger partial charge in [0, 0.05) is 37.4 Å². The highest BCUT2D eigenvalue weighted by atomic mass is 15.3. The zero-order valence-corrected chi connectivity index (χ0v) is 11.5. The first kappa shape index (κ1) is 12.6. The number of nitrogens with one attached hydrogen (secondary N) is 1. The second-order valence-corrected chi connectivity index (χ2v) is 5.18. The first-order valence-corrected chi connectivity index (χ1v) is 6.49. The summed E-state index contributed by atoms with van der Waals surface area (Å²) >= 11 is 0. The standard InChI is InChI=1S/C13H24N4/c1-10-13(11(2)17(4)15-10)9-14-8-12-6-5-7-16(12)3/h12,14H,5-9H2,1-4H3/t12-/m0/s1. The second kappa shape index (κ2) is 5.19. The smallest absolute Gasteiger partial charge is 0.0641 e. The molecule has 0 amide bonds. The minimum absolute atomic E-state index is 0.715. The van der Waals surface area contributed by atoms with Crippen molar-refractivity contribution >= 4 is 0 Å². The van der Waals surface area contributed by atoms with E-state index in [1.165, 1.54) is 30.6 Å². The number of hydrogen-bond acceptors (Lipinski definition) is 3. The van der Waals surface area contributed by atoms with Crippen LogP contribution in [0.3, 0.4) is 0 Å². The van der Waals surface area contributed by atoms with E-state index < -0.39 is 0 Å². The number of likely N-dealkylation sites (N-methyl/N-ethyl adjacent to an activating group) is 1. The molecule has 0 bridgehead atoms. The Morgan fingerprint density at radius 1 is 1.35 bits per heavy atom. The quantitative estimate of drug-likeness (QED) is 0.853. The molecule has 17 heavy (non-hydrogen) atoms. The summed E-state index contributed by atoms with van der Waals surface area (Å²) in [4.78, 5) is 2.45. The average Bonchev–Trinajstić information content (AvgIpc) is 2.78. The van der Waals surface area contributed by atoms with Gasteiger partial charge in [0.15, 0.2) is 0 Å². The zero-order valence-electron chi connectivity index (χ0n) is 11.5. The number of nitrogens with zero attached hydrogens (tertiary/aromatic N) is 3. The van der Waals surface area contributed by atoms with Crippen molar-refractivity contribution in [1.82, 2.24) is 20.0 Å². The molecule has 1 aromatic heterocycles. The van der Waals surface area contributed by atoms with Crippen LogP contribution < -0.4 is 5.32 Å². The normalized spacial score (nSPS) is 21.3. The van der Waals surface area contributed by atoms with E-state index in [2.05, 4.69) is 36.2 Å². The molecule has 1 aliphatic rings. The SMILES string of the molecule is Cc1nn(C)c(C)c1CNC[C@@H]1CCCN1C. The Morgan fingerprint density at radius 3 is 2.65 bits per heavy atom. The van der Waals surface area contributed by atoms with E-state index in [-0.39, 0.29) is 0 Å². The molecule has 2 rings (SSSR count). The summed E-state index contributed by atoms with van der Waals surface area (Å²) in [7, 11) is 4.23. The molecule has 0 radical (unpaired) electrons. The van der Waals surface area contributed by atoms with E-state index in [9.17, 15) is 0 Å². The van der Waals surface area contributed by atoms with Gasteiger partial charge in [-0.25, -0.2) is 0 Å². The predicted molar refractivity (Wildman–Crippen MR) is 70.0 cm³/mol. The number of likely N-dealkylation sites (tertiary alicyclic amines) is 1. The summed E-state index contributed by atoms with van der Waals surface area (Å²) in [6.45, 7) is 7.50. The number of hydrogen-bond donors (Lipinski definition) is 1. The molecule has 1 fully saturated rings. The summed E-state index contributed by atoms with van der Waals surface area (Å²) in [5, 5.41) is 8.02. The van der Waals surface area contributed by atoms with Crippen molar-refractivity contribution in [2.75, 3.05) is 20.1 Å². The van der Waals surface area contributed by atoms with Crippen LogP contribution in [0.1, 0.15) is 29.8 Å². The van der Waals surface area contributed by atoms with E-state index in [1.807, 2.05) is 11.7 Å². The Balaban J connectivity index is 1.85. The molecule has 1 saturated heterocycles. The van der Waals surface area contributed by atoms with Gasteiger partial charge in [-0.2, -0.15) is 5.10 Å². The minimum atomic E-state index is 0.715. The highest BCUT2D eigenvalue weighted by Crippen LogP contribution is 2.15. The van der Waals surface area contributed by atoms with Gasteiger partial charge >= 0.3 is 0 Å². The largest absolute Gasteiger partial charge is 0.311 e. The molecule has 1 aliphatic heterocycles. The van der Waals surface area contributed by atoms with E-state index in [0.29, 0.717) is 6.04 Å². The molecule has 1 atom stereocenters. The van der Waals surface area contributed by atoms with E-state index in [0.717, 1.165) is 18.8 Å². The van der Waals surface area contributed by atoms with Gasteiger partial charge < -0.3 is 10.2 Å². The van der Waals surface area contributed by atoms with E-state index in [1.54, 1.807) is 0 Å². The monoisotopic (exact) mass is 236 g/mol. The summed E-state index contributed by atoms with van der Waals surface area (Å²) in [5.74, 6) is 0. The maximum atomic E-state index is 4.44.